The van der Waals surface area contributed by atoms with E-state index in [9.17, 15) is 4.79 Å². The number of carbonyl (C=O) groups excluding carboxylic acids is 1. The van der Waals surface area contributed by atoms with Crippen LogP contribution in [0.2, 0.25) is 0 Å². The SMILES string of the molecule is CCC1CN(C(=O)C2CCCCO2)CCC1NC. The fourth-order valence-corrected chi connectivity index (χ4v) is 3.17. The van der Waals surface area contributed by atoms with E-state index in [-0.39, 0.29) is 12.0 Å². The molecule has 0 aliphatic carbocycles. The van der Waals surface area contributed by atoms with Crippen LogP contribution in [0.3, 0.4) is 0 Å². The smallest absolute Gasteiger partial charge is 0.251 e. The van der Waals surface area contributed by atoms with Crippen LogP contribution < -0.4 is 5.32 Å². The van der Waals surface area contributed by atoms with E-state index in [0.717, 1.165) is 51.8 Å². The summed E-state index contributed by atoms with van der Waals surface area (Å²) in [6, 6.07) is 0.561. The first-order valence-electron chi connectivity index (χ1n) is 7.34. The molecule has 1 N–H and O–H groups in total. The molecule has 2 aliphatic rings. The van der Waals surface area contributed by atoms with Gasteiger partial charge in [-0.3, -0.25) is 4.79 Å². The quantitative estimate of drug-likeness (QED) is 0.828. The maximum Gasteiger partial charge on any atom is 0.251 e. The van der Waals surface area contributed by atoms with Crippen molar-refractivity contribution in [1.82, 2.24) is 10.2 Å². The number of carbonyl (C=O) groups is 1. The first-order chi connectivity index (χ1) is 8.76. The summed E-state index contributed by atoms with van der Waals surface area (Å²) < 4.78 is 5.61. The highest BCUT2D eigenvalue weighted by Crippen LogP contribution is 2.23. The van der Waals surface area contributed by atoms with Crippen molar-refractivity contribution in [2.75, 3.05) is 26.7 Å². The Bertz CT molecular complexity index is 277. The van der Waals surface area contributed by atoms with Gasteiger partial charge in [-0.05, 0) is 38.6 Å². The summed E-state index contributed by atoms with van der Waals surface area (Å²) in [6.45, 7) is 4.72. The van der Waals surface area contributed by atoms with E-state index in [1.54, 1.807) is 0 Å². The Balaban J connectivity index is 1.91. The first kappa shape index (κ1) is 13.8. The lowest BCUT2D eigenvalue weighted by atomic mass is 9.89. The highest BCUT2D eigenvalue weighted by Gasteiger charge is 2.33. The molecular weight excluding hydrogens is 228 g/mol. The molecule has 2 rings (SSSR count). The van der Waals surface area contributed by atoms with Gasteiger partial charge >= 0.3 is 0 Å². The molecule has 1 amide bonds. The van der Waals surface area contributed by atoms with Crippen molar-refractivity contribution >= 4 is 5.91 Å². The van der Waals surface area contributed by atoms with Gasteiger partial charge in [0.25, 0.3) is 5.91 Å². The van der Waals surface area contributed by atoms with Crippen LogP contribution in [0.1, 0.15) is 39.0 Å². The molecule has 0 aromatic rings. The minimum absolute atomic E-state index is 0.164. The predicted molar refractivity (Wildman–Crippen MR) is 71.4 cm³/mol. The van der Waals surface area contributed by atoms with Gasteiger partial charge in [-0.15, -0.1) is 0 Å². The summed E-state index contributed by atoms with van der Waals surface area (Å²) in [5.74, 6) is 0.805. The molecule has 3 unspecified atom stereocenters. The van der Waals surface area contributed by atoms with Crippen LogP contribution >= 0.6 is 0 Å². The molecular formula is C14H26N2O2. The van der Waals surface area contributed by atoms with E-state index in [4.69, 9.17) is 4.74 Å². The topological polar surface area (TPSA) is 41.6 Å². The zero-order valence-electron chi connectivity index (χ0n) is 11.7. The average molecular weight is 254 g/mol. The third kappa shape index (κ3) is 3.04. The lowest BCUT2D eigenvalue weighted by Gasteiger charge is -2.40. The second-order valence-electron chi connectivity index (χ2n) is 5.49. The van der Waals surface area contributed by atoms with Gasteiger partial charge in [0.05, 0.1) is 0 Å². The van der Waals surface area contributed by atoms with Gasteiger partial charge in [-0.1, -0.05) is 13.3 Å². The van der Waals surface area contributed by atoms with Crippen LogP contribution in [-0.4, -0.2) is 49.7 Å². The number of amides is 1. The van der Waals surface area contributed by atoms with Crippen molar-refractivity contribution in [2.24, 2.45) is 5.92 Å². The molecule has 2 saturated heterocycles. The number of hydrogen-bond acceptors (Lipinski definition) is 3. The highest BCUT2D eigenvalue weighted by atomic mass is 16.5. The van der Waals surface area contributed by atoms with Gasteiger partial charge in [-0.25, -0.2) is 0 Å². The normalized spacial score (nSPS) is 33.4. The summed E-state index contributed by atoms with van der Waals surface area (Å²) in [5.41, 5.74) is 0. The van der Waals surface area contributed by atoms with Crippen LogP contribution in [0.5, 0.6) is 0 Å². The molecule has 0 spiro atoms. The zero-order valence-corrected chi connectivity index (χ0v) is 11.7. The molecule has 0 aromatic carbocycles. The summed E-state index contributed by atoms with van der Waals surface area (Å²) in [6.07, 6.45) is 5.15. The van der Waals surface area contributed by atoms with Gasteiger partial charge in [0.1, 0.15) is 6.10 Å². The highest BCUT2D eigenvalue weighted by molar-refractivity contribution is 5.81. The van der Waals surface area contributed by atoms with E-state index < -0.39 is 0 Å². The largest absolute Gasteiger partial charge is 0.368 e. The fourth-order valence-electron chi connectivity index (χ4n) is 3.17. The van der Waals surface area contributed by atoms with E-state index in [2.05, 4.69) is 12.2 Å². The van der Waals surface area contributed by atoms with E-state index >= 15 is 0 Å². The Morgan fingerprint density at radius 2 is 2.22 bits per heavy atom. The van der Waals surface area contributed by atoms with Crippen molar-refractivity contribution in [3.05, 3.63) is 0 Å². The molecule has 3 atom stereocenters. The van der Waals surface area contributed by atoms with Gasteiger partial charge in [0, 0.05) is 25.7 Å². The summed E-state index contributed by atoms with van der Waals surface area (Å²) >= 11 is 0. The van der Waals surface area contributed by atoms with E-state index in [1.165, 1.54) is 0 Å². The Morgan fingerprint density at radius 3 is 2.83 bits per heavy atom. The van der Waals surface area contributed by atoms with E-state index in [1.807, 2.05) is 11.9 Å². The second kappa shape index (κ2) is 6.53. The van der Waals surface area contributed by atoms with Crippen molar-refractivity contribution in [3.8, 4) is 0 Å². The monoisotopic (exact) mass is 254 g/mol. The molecule has 0 aromatic heterocycles. The van der Waals surface area contributed by atoms with Crippen molar-refractivity contribution < 1.29 is 9.53 Å². The number of hydrogen-bond donors (Lipinski definition) is 1. The summed E-state index contributed by atoms with van der Waals surface area (Å²) in [5, 5.41) is 3.37. The Labute approximate surface area is 110 Å². The van der Waals surface area contributed by atoms with E-state index in [0.29, 0.717) is 12.0 Å². The first-order valence-corrected chi connectivity index (χ1v) is 7.34. The molecule has 18 heavy (non-hydrogen) atoms. The van der Waals surface area contributed by atoms with Crippen molar-refractivity contribution in [1.29, 1.82) is 0 Å². The molecule has 0 radical (unpaired) electrons. The van der Waals surface area contributed by atoms with Crippen LogP contribution in [0.4, 0.5) is 0 Å². The third-order valence-electron chi connectivity index (χ3n) is 4.40. The minimum atomic E-state index is -0.164. The fraction of sp³-hybridized carbons (Fsp3) is 0.929. The van der Waals surface area contributed by atoms with Gasteiger partial charge in [0.15, 0.2) is 0 Å². The van der Waals surface area contributed by atoms with Gasteiger partial charge in [-0.2, -0.15) is 0 Å². The molecule has 2 fully saturated rings. The Hall–Kier alpha value is -0.610. The molecule has 4 heteroatoms. The number of rotatable bonds is 3. The minimum Gasteiger partial charge on any atom is -0.368 e. The molecule has 4 nitrogen and oxygen atoms in total. The molecule has 0 saturated carbocycles. The maximum absolute atomic E-state index is 12.4. The van der Waals surface area contributed by atoms with Crippen LogP contribution in [-0.2, 0) is 9.53 Å². The zero-order chi connectivity index (χ0) is 13.0. The number of likely N-dealkylation sites (tertiary alicyclic amines) is 1. The Morgan fingerprint density at radius 1 is 1.39 bits per heavy atom. The number of piperidine rings is 1. The van der Waals surface area contributed by atoms with Gasteiger partial charge < -0.3 is 15.0 Å². The summed E-state index contributed by atoms with van der Waals surface area (Å²) in [4.78, 5) is 14.4. The predicted octanol–water partition coefficient (Wildman–Crippen LogP) is 1.40. The molecule has 0 bridgehead atoms. The lowest BCUT2D eigenvalue weighted by Crippen LogP contribution is -2.53. The number of ether oxygens (including phenoxy) is 1. The van der Waals surface area contributed by atoms with Crippen molar-refractivity contribution in [2.45, 2.75) is 51.2 Å². The van der Waals surface area contributed by atoms with Crippen molar-refractivity contribution in [3.63, 3.8) is 0 Å². The molecule has 104 valence electrons. The Kier molecular flexibility index (Phi) is 5.01. The second-order valence-corrected chi connectivity index (χ2v) is 5.49. The standard InChI is InChI=1S/C14H26N2O2/c1-3-11-10-16(8-7-12(11)15-2)14(17)13-6-4-5-9-18-13/h11-13,15H,3-10H2,1-2H3. The number of nitrogens with zero attached hydrogens (tertiary/aromatic N) is 1. The third-order valence-corrected chi connectivity index (χ3v) is 4.40. The molecule has 2 heterocycles. The lowest BCUT2D eigenvalue weighted by molar-refractivity contribution is -0.148. The maximum atomic E-state index is 12.4. The summed E-state index contributed by atoms with van der Waals surface area (Å²) in [7, 11) is 2.02. The van der Waals surface area contributed by atoms with Crippen LogP contribution in [0.15, 0.2) is 0 Å². The van der Waals surface area contributed by atoms with Crippen LogP contribution in [0.25, 0.3) is 0 Å². The van der Waals surface area contributed by atoms with Crippen LogP contribution in [0, 0.1) is 5.92 Å². The molecule has 2 aliphatic heterocycles. The number of nitrogens with one attached hydrogen (secondary N) is 1. The van der Waals surface area contributed by atoms with Gasteiger partial charge in [0.2, 0.25) is 0 Å². The average Bonchev–Trinajstić information content (AvgIpc) is 2.46.